The number of carbonyl (C=O) groups is 1. The molecule has 0 heterocycles. The molecule has 0 aliphatic rings. The van der Waals surface area contributed by atoms with Gasteiger partial charge in [-0.1, -0.05) is 6.92 Å². The van der Waals surface area contributed by atoms with Crippen molar-refractivity contribution in [2.75, 3.05) is 0 Å². The van der Waals surface area contributed by atoms with E-state index < -0.39 is 23.8 Å². The van der Waals surface area contributed by atoms with E-state index in [0.29, 0.717) is 0 Å². The monoisotopic (exact) mass is 168 g/mol. The fourth-order valence-corrected chi connectivity index (χ4v) is 0.518. The molecule has 0 radical (unpaired) electrons. The molecule has 2 nitrogen and oxygen atoms in total. The molecule has 0 aliphatic carbocycles. The molecule has 0 bridgehead atoms. The first kappa shape index (κ1) is 10.0. The average Bonchev–Trinajstić information content (AvgIpc) is 1.85. The maximum absolute atomic E-state index is 12.3. The van der Waals surface area contributed by atoms with Gasteiger partial charge in [0.1, 0.15) is 11.4 Å². The van der Waals surface area contributed by atoms with Gasteiger partial charge in [0, 0.05) is 0 Å². The van der Waals surface area contributed by atoms with Crippen LogP contribution in [0.3, 0.4) is 0 Å². The summed E-state index contributed by atoms with van der Waals surface area (Å²) in [5, 5.41) is 8.07. The number of hydrogen-bond acceptors (Lipinski definition) is 1. The zero-order chi connectivity index (χ0) is 9.02. The Hall–Kier alpha value is -1.00. The third-order valence-electron chi connectivity index (χ3n) is 1.05. The van der Waals surface area contributed by atoms with E-state index in [0.717, 1.165) is 0 Å². The molecule has 0 aromatic heterocycles. The Balaban J connectivity index is 4.73. The molecule has 0 aromatic carbocycles. The Bertz CT molecular complexity index is 186. The number of carboxylic acids is 1. The van der Waals surface area contributed by atoms with Gasteiger partial charge in [-0.15, -0.1) is 0 Å². The molecule has 64 valence electrons. The Morgan fingerprint density at radius 3 is 2.09 bits per heavy atom. The molecule has 0 amide bonds. The average molecular weight is 168 g/mol. The van der Waals surface area contributed by atoms with Gasteiger partial charge in [0.2, 0.25) is 0 Å². The molecule has 0 unspecified atom stereocenters. The summed E-state index contributed by atoms with van der Waals surface area (Å²) in [4.78, 5) is 9.96. The number of allylic oxidation sites excluding steroid dienone is 1. The van der Waals surface area contributed by atoms with Crippen molar-refractivity contribution in [3.63, 3.8) is 0 Å². The molecule has 0 rings (SSSR count). The fraction of sp³-hybridized carbons (Fsp3) is 0.500. The second kappa shape index (κ2) is 4.00. The summed E-state index contributed by atoms with van der Waals surface area (Å²) in [6.45, 7) is 1.26. The van der Waals surface area contributed by atoms with Gasteiger partial charge >= 0.3 is 5.97 Å². The van der Waals surface area contributed by atoms with E-state index in [1.54, 1.807) is 0 Å². The number of halogens is 3. The van der Waals surface area contributed by atoms with Gasteiger partial charge in [0.25, 0.3) is 6.43 Å². The number of rotatable bonds is 3. The van der Waals surface area contributed by atoms with Gasteiger partial charge in [-0.05, 0) is 6.42 Å². The normalized spacial score (nSPS) is 13.2. The SMILES string of the molecule is CCC(F)=C(C(=O)O)C(F)F. The first-order valence-electron chi connectivity index (χ1n) is 2.90. The highest BCUT2D eigenvalue weighted by Gasteiger charge is 2.23. The first-order valence-corrected chi connectivity index (χ1v) is 2.90. The van der Waals surface area contributed by atoms with Crippen LogP contribution in [-0.4, -0.2) is 17.5 Å². The molecule has 1 N–H and O–H groups in total. The van der Waals surface area contributed by atoms with E-state index in [1.165, 1.54) is 6.92 Å². The van der Waals surface area contributed by atoms with E-state index in [9.17, 15) is 18.0 Å². The molecule has 0 fully saturated rings. The predicted octanol–water partition coefficient (Wildman–Crippen LogP) is 1.97. The zero-order valence-corrected chi connectivity index (χ0v) is 5.77. The van der Waals surface area contributed by atoms with Crippen molar-refractivity contribution in [1.29, 1.82) is 0 Å². The predicted molar refractivity (Wildman–Crippen MR) is 32.1 cm³/mol. The van der Waals surface area contributed by atoms with Crippen LogP contribution in [0.5, 0.6) is 0 Å². The Morgan fingerprint density at radius 1 is 1.55 bits per heavy atom. The van der Waals surface area contributed by atoms with Gasteiger partial charge in [-0.2, -0.15) is 0 Å². The lowest BCUT2D eigenvalue weighted by atomic mass is 10.2. The number of alkyl halides is 2. The van der Waals surface area contributed by atoms with Crippen molar-refractivity contribution in [3.8, 4) is 0 Å². The first-order chi connectivity index (χ1) is 5.00. The molecular formula is C6H7F3O2. The number of aliphatic carboxylic acids is 1. The van der Waals surface area contributed by atoms with E-state index in [2.05, 4.69) is 0 Å². The molecule has 0 aromatic rings. The van der Waals surface area contributed by atoms with Crippen molar-refractivity contribution in [1.82, 2.24) is 0 Å². The Kier molecular flexibility index (Phi) is 3.64. The van der Waals surface area contributed by atoms with Crippen LogP contribution in [-0.2, 0) is 4.79 Å². The summed E-state index contributed by atoms with van der Waals surface area (Å²) < 4.78 is 35.7. The minimum Gasteiger partial charge on any atom is -0.478 e. The van der Waals surface area contributed by atoms with E-state index in [-0.39, 0.29) is 6.42 Å². The van der Waals surface area contributed by atoms with Gasteiger partial charge in [0.05, 0.1) is 0 Å². The maximum atomic E-state index is 12.3. The summed E-state index contributed by atoms with van der Waals surface area (Å²) in [6, 6.07) is 0. The third-order valence-corrected chi connectivity index (χ3v) is 1.05. The minimum absolute atomic E-state index is 0.327. The largest absolute Gasteiger partial charge is 0.478 e. The van der Waals surface area contributed by atoms with E-state index >= 15 is 0 Å². The molecule has 0 spiro atoms. The highest BCUT2D eigenvalue weighted by Crippen LogP contribution is 2.17. The van der Waals surface area contributed by atoms with Crippen molar-refractivity contribution < 1.29 is 23.1 Å². The molecule has 0 aliphatic heterocycles. The third kappa shape index (κ3) is 2.61. The summed E-state index contributed by atoms with van der Waals surface area (Å²) in [6.07, 6.45) is -3.58. The fourth-order valence-electron chi connectivity index (χ4n) is 0.518. The van der Waals surface area contributed by atoms with Crippen LogP contribution in [0.15, 0.2) is 11.4 Å². The Labute approximate surface area is 61.3 Å². The van der Waals surface area contributed by atoms with E-state index in [4.69, 9.17) is 5.11 Å². The second-order valence-electron chi connectivity index (χ2n) is 1.78. The standard InChI is InChI=1S/C6H7F3O2/c1-2-3(7)4(5(8)9)6(10)11/h5H,2H2,1H3,(H,10,11). The number of carboxylic acid groups (broad SMARTS) is 1. The maximum Gasteiger partial charge on any atom is 0.340 e. The van der Waals surface area contributed by atoms with Crippen molar-refractivity contribution in [3.05, 3.63) is 11.4 Å². The highest BCUT2D eigenvalue weighted by molar-refractivity contribution is 5.87. The van der Waals surface area contributed by atoms with Crippen LogP contribution in [0.2, 0.25) is 0 Å². The van der Waals surface area contributed by atoms with Gasteiger partial charge in [-0.3, -0.25) is 0 Å². The molecule has 0 saturated carbocycles. The second-order valence-corrected chi connectivity index (χ2v) is 1.78. The van der Waals surface area contributed by atoms with Crippen LogP contribution in [0, 0.1) is 0 Å². The lowest BCUT2D eigenvalue weighted by molar-refractivity contribution is -0.134. The summed E-state index contributed by atoms with van der Waals surface area (Å²) >= 11 is 0. The quantitative estimate of drug-likeness (QED) is 0.654. The minimum atomic E-state index is -3.26. The lowest BCUT2D eigenvalue weighted by Gasteiger charge is -2.00. The van der Waals surface area contributed by atoms with Gasteiger partial charge < -0.3 is 5.11 Å². The van der Waals surface area contributed by atoms with Crippen LogP contribution in [0.25, 0.3) is 0 Å². The van der Waals surface area contributed by atoms with Crippen molar-refractivity contribution in [2.45, 2.75) is 19.8 Å². The van der Waals surface area contributed by atoms with Crippen LogP contribution < -0.4 is 0 Å². The smallest absolute Gasteiger partial charge is 0.340 e. The Morgan fingerprint density at radius 2 is 2.00 bits per heavy atom. The summed E-state index contributed by atoms with van der Waals surface area (Å²) in [7, 11) is 0. The molecular weight excluding hydrogens is 161 g/mol. The van der Waals surface area contributed by atoms with Crippen LogP contribution in [0.1, 0.15) is 13.3 Å². The van der Waals surface area contributed by atoms with Crippen LogP contribution in [0.4, 0.5) is 13.2 Å². The van der Waals surface area contributed by atoms with Gasteiger partial charge in [-0.25, -0.2) is 18.0 Å². The highest BCUT2D eigenvalue weighted by atomic mass is 19.3. The zero-order valence-electron chi connectivity index (χ0n) is 5.77. The van der Waals surface area contributed by atoms with Crippen molar-refractivity contribution >= 4 is 5.97 Å². The lowest BCUT2D eigenvalue weighted by Crippen LogP contribution is -2.10. The molecule has 0 atom stereocenters. The summed E-state index contributed by atoms with van der Waals surface area (Å²) in [5.41, 5.74) is -1.44. The van der Waals surface area contributed by atoms with Crippen LogP contribution >= 0.6 is 0 Å². The van der Waals surface area contributed by atoms with Gasteiger partial charge in [0.15, 0.2) is 0 Å². The number of hydrogen-bond donors (Lipinski definition) is 1. The topological polar surface area (TPSA) is 37.3 Å². The van der Waals surface area contributed by atoms with E-state index in [1.807, 2.05) is 0 Å². The molecule has 11 heavy (non-hydrogen) atoms. The summed E-state index contributed by atoms with van der Waals surface area (Å²) in [5.74, 6) is -3.17. The molecule has 5 heteroatoms. The molecule has 0 saturated heterocycles. The van der Waals surface area contributed by atoms with Crippen molar-refractivity contribution in [2.24, 2.45) is 0 Å².